The number of halogens is 5. The van der Waals surface area contributed by atoms with Crippen LogP contribution < -0.4 is 4.90 Å². The summed E-state index contributed by atoms with van der Waals surface area (Å²) in [4.78, 5) is 29.8. The SMILES string of the molecule is CN(C(=O)OCc1c(-c2ccc(N3CCCC(CC(=O)O)C3)c(C(F)(F)F)n2)nnn1C)C1CC(F)(F)C1. The molecule has 2 aromatic rings. The summed E-state index contributed by atoms with van der Waals surface area (Å²) in [6, 6.07) is 1.95. The zero-order valence-electron chi connectivity index (χ0n) is 20.7. The second-order valence-corrected chi connectivity index (χ2v) is 9.71. The van der Waals surface area contributed by atoms with Crippen molar-refractivity contribution in [3.63, 3.8) is 0 Å². The highest BCUT2D eigenvalue weighted by atomic mass is 19.4. The average molecular weight is 546 g/mol. The van der Waals surface area contributed by atoms with Gasteiger partial charge in [-0.2, -0.15) is 13.2 Å². The first kappa shape index (κ1) is 27.5. The lowest BCUT2D eigenvalue weighted by molar-refractivity contribution is -0.141. The molecule has 15 heteroatoms. The maximum atomic E-state index is 14.1. The Morgan fingerprint density at radius 3 is 2.61 bits per heavy atom. The van der Waals surface area contributed by atoms with E-state index in [1.807, 2.05) is 0 Å². The van der Waals surface area contributed by atoms with E-state index in [0.29, 0.717) is 19.4 Å². The number of alkyl halides is 5. The summed E-state index contributed by atoms with van der Waals surface area (Å²) in [5.41, 5.74) is -1.32. The zero-order chi connectivity index (χ0) is 27.8. The number of ether oxygens (including phenoxy) is 1. The van der Waals surface area contributed by atoms with Crippen molar-refractivity contribution in [3.8, 4) is 11.4 Å². The van der Waals surface area contributed by atoms with Crippen LogP contribution in [-0.4, -0.2) is 74.1 Å². The predicted octanol–water partition coefficient (Wildman–Crippen LogP) is 3.95. The number of rotatable bonds is 7. The van der Waals surface area contributed by atoms with Gasteiger partial charge in [0.05, 0.1) is 11.4 Å². The van der Waals surface area contributed by atoms with Crippen molar-refractivity contribution in [1.29, 1.82) is 0 Å². The highest BCUT2D eigenvalue weighted by Crippen LogP contribution is 2.41. The van der Waals surface area contributed by atoms with E-state index in [-0.39, 0.29) is 41.7 Å². The number of carbonyl (C=O) groups is 2. The minimum atomic E-state index is -4.81. The standard InChI is InChI=1S/C23H27F5N6O4/c1-32(14-9-22(24,25)10-14)21(37)38-12-17-19(30-31-33(17)2)15-5-6-16(20(29-15)23(26,27)28)34-7-3-4-13(11-34)8-18(35)36/h5-6,13-14H,3-4,7-12H2,1-2H3,(H,35,36). The number of pyridine rings is 1. The number of hydrogen-bond acceptors (Lipinski definition) is 7. The molecule has 2 aromatic heterocycles. The van der Waals surface area contributed by atoms with Crippen molar-refractivity contribution in [3.05, 3.63) is 23.5 Å². The van der Waals surface area contributed by atoms with Gasteiger partial charge in [0.1, 0.15) is 18.0 Å². The molecule has 0 bridgehead atoms. The number of carboxylic acids is 1. The topological polar surface area (TPSA) is 114 Å². The first-order chi connectivity index (χ1) is 17.7. The van der Waals surface area contributed by atoms with Crippen LogP contribution in [0.1, 0.15) is 43.5 Å². The van der Waals surface area contributed by atoms with Crippen molar-refractivity contribution < 1.29 is 41.4 Å². The van der Waals surface area contributed by atoms with Gasteiger partial charge in [0, 0.05) is 52.5 Å². The van der Waals surface area contributed by atoms with Crippen LogP contribution in [0.3, 0.4) is 0 Å². The van der Waals surface area contributed by atoms with Crippen molar-refractivity contribution >= 4 is 17.7 Å². The fraction of sp³-hybridized carbons (Fsp3) is 0.609. The summed E-state index contributed by atoms with van der Waals surface area (Å²) in [5.74, 6) is -4.11. The van der Waals surface area contributed by atoms with E-state index in [0.717, 1.165) is 4.90 Å². The van der Waals surface area contributed by atoms with Gasteiger partial charge in [-0.3, -0.25) is 4.79 Å². The fourth-order valence-corrected chi connectivity index (χ4v) is 4.77. The van der Waals surface area contributed by atoms with E-state index >= 15 is 0 Å². The van der Waals surface area contributed by atoms with Gasteiger partial charge in [0.25, 0.3) is 5.92 Å². The van der Waals surface area contributed by atoms with Gasteiger partial charge in [0.2, 0.25) is 0 Å². The molecule has 208 valence electrons. The minimum absolute atomic E-state index is 0.0300. The van der Waals surface area contributed by atoms with E-state index < -0.39 is 55.3 Å². The third-order valence-electron chi connectivity index (χ3n) is 6.89. The lowest BCUT2D eigenvalue weighted by Gasteiger charge is -2.40. The first-order valence-corrected chi connectivity index (χ1v) is 12.0. The molecule has 0 radical (unpaired) electrons. The van der Waals surface area contributed by atoms with Crippen molar-refractivity contribution in [2.24, 2.45) is 13.0 Å². The molecule has 4 rings (SSSR count). The van der Waals surface area contributed by atoms with Crippen LogP contribution in [0.4, 0.5) is 32.4 Å². The molecular formula is C23H27F5N6O4. The zero-order valence-corrected chi connectivity index (χ0v) is 20.7. The van der Waals surface area contributed by atoms with Crippen LogP contribution >= 0.6 is 0 Å². The van der Waals surface area contributed by atoms with Crippen molar-refractivity contribution in [2.45, 2.75) is 56.9 Å². The van der Waals surface area contributed by atoms with Crippen LogP contribution in [0, 0.1) is 5.92 Å². The van der Waals surface area contributed by atoms with E-state index in [1.54, 1.807) is 0 Å². The average Bonchev–Trinajstić information content (AvgIpc) is 3.19. The molecule has 10 nitrogen and oxygen atoms in total. The molecule has 1 amide bonds. The highest BCUT2D eigenvalue weighted by molar-refractivity contribution is 5.69. The number of carboxylic acid groups (broad SMARTS) is 1. The lowest BCUT2D eigenvalue weighted by atomic mass is 9.87. The van der Waals surface area contributed by atoms with Gasteiger partial charge >= 0.3 is 18.2 Å². The number of aryl methyl sites for hydroxylation is 1. The Kier molecular flexibility index (Phi) is 7.48. The summed E-state index contributed by atoms with van der Waals surface area (Å²) < 4.78 is 74.9. The van der Waals surface area contributed by atoms with E-state index in [9.17, 15) is 31.5 Å². The molecular weight excluding hydrogens is 519 g/mol. The number of aliphatic carboxylic acids is 1. The Morgan fingerprint density at radius 2 is 1.97 bits per heavy atom. The largest absolute Gasteiger partial charge is 0.481 e. The maximum absolute atomic E-state index is 14.1. The second kappa shape index (κ2) is 10.3. The van der Waals surface area contributed by atoms with Gasteiger partial charge in [-0.15, -0.1) is 5.10 Å². The van der Waals surface area contributed by atoms with Crippen LogP contribution in [0.5, 0.6) is 0 Å². The summed E-state index contributed by atoms with van der Waals surface area (Å²) >= 11 is 0. The van der Waals surface area contributed by atoms with Crippen LogP contribution in [0.15, 0.2) is 12.1 Å². The van der Waals surface area contributed by atoms with Crippen LogP contribution in [0.25, 0.3) is 11.4 Å². The molecule has 1 atom stereocenters. The number of nitrogens with zero attached hydrogens (tertiary/aromatic N) is 6. The molecule has 1 aliphatic heterocycles. The van der Waals surface area contributed by atoms with Gasteiger partial charge in [-0.25, -0.2) is 23.2 Å². The normalized spacial score (nSPS) is 19.7. The first-order valence-electron chi connectivity index (χ1n) is 12.0. The summed E-state index contributed by atoms with van der Waals surface area (Å²) in [7, 11) is 2.80. The molecule has 2 fully saturated rings. The molecule has 1 unspecified atom stereocenters. The molecule has 3 heterocycles. The Hall–Kier alpha value is -3.52. The molecule has 1 saturated carbocycles. The lowest BCUT2D eigenvalue weighted by Crippen LogP contribution is -2.51. The second-order valence-electron chi connectivity index (χ2n) is 9.71. The molecule has 38 heavy (non-hydrogen) atoms. The smallest absolute Gasteiger partial charge is 0.435 e. The quantitative estimate of drug-likeness (QED) is 0.520. The Labute approximate surface area is 214 Å². The number of hydrogen-bond donors (Lipinski definition) is 1. The number of piperidine rings is 1. The number of anilines is 1. The minimum Gasteiger partial charge on any atom is -0.481 e. The van der Waals surface area contributed by atoms with E-state index in [1.165, 1.54) is 35.8 Å². The molecule has 1 saturated heterocycles. The monoisotopic (exact) mass is 546 g/mol. The van der Waals surface area contributed by atoms with Crippen molar-refractivity contribution in [2.75, 3.05) is 25.0 Å². The predicted molar refractivity (Wildman–Crippen MR) is 122 cm³/mol. The molecule has 1 aliphatic carbocycles. The Balaban J connectivity index is 1.55. The van der Waals surface area contributed by atoms with Crippen molar-refractivity contribution in [1.82, 2.24) is 24.9 Å². The molecule has 1 N–H and O–H groups in total. The number of aromatic nitrogens is 4. The van der Waals surface area contributed by atoms with E-state index in [4.69, 9.17) is 9.84 Å². The van der Waals surface area contributed by atoms with Gasteiger partial charge in [-0.1, -0.05) is 5.21 Å². The molecule has 0 aromatic carbocycles. The van der Waals surface area contributed by atoms with E-state index in [2.05, 4.69) is 15.3 Å². The Morgan fingerprint density at radius 1 is 1.26 bits per heavy atom. The van der Waals surface area contributed by atoms with Crippen LogP contribution in [-0.2, 0) is 29.4 Å². The molecule has 0 spiro atoms. The number of amides is 1. The highest BCUT2D eigenvalue weighted by Gasteiger charge is 2.48. The van der Waals surface area contributed by atoms with Gasteiger partial charge < -0.3 is 19.6 Å². The third kappa shape index (κ3) is 5.96. The maximum Gasteiger partial charge on any atom is 0.435 e. The third-order valence-corrected chi connectivity index (χ3v) is 6.89. The fourth-order valence-electron chi connectivity index (χ4n) is 4.77. The summed E-state index contributed by atoms with van der Waals surface area (Å²) in [6.45, 7) is 0.0646. The van der Waals surface area contributed by atoms with Gasteiger partial charge in [-0.05, 0) is 30.9 Å². The Bertz CT molecular complexity index is 1200. The number of carbonyl (C=O) groups excluding carboxylic acids is 1. The van der Waals surface area contributed by atoms with Crippen LogP contribution in [0.2, 0.25) is 0 Å². The molecule has 2 aliphatic rings. The summed E-state index contributed by atoms with van der Waals surface area (Å²) in [6.07, 6.45) is -5.60. The van der Waals surface area contributed by atoms with Gasteiger partial charge in [0.15, 0.2) is 5.69 Å². The summed E-state index contributed by atoms with van der Waals surface area (Å²) in [5, 5.41) is 16.8.